The summed E-state index contributed by atoms with van der Waals surface area (Å²) in [6, 6.07) is 13.2. The summed E-state index contributed by atoms with van der Waals surface area (Å²) >= 11 is 5.98. The van der Waals surface area contributed by atoms with E-state index in [-0.39, 0.29) is 0 Å². The SMILES string of the molecule is COc1ccc(-c2cc3cc(Cl)ccc3o2)cc1OC. The van der Waals surface area contributed by atoms with Gasteiger partial charge in [-0.15, -0.1) is 0 Å². The van der Waals surface area contributed by atoms with Gasteiger partial charge in [0.25, 0.3) is 0 Å². The maximum absolute atomic E-state index is 5.98. The first-order valence-corrected chi connectivity index (χ1v) is 6.50. The molecule has 0 unspecified atom stereocenters. The number of fused-ring (bicyclic) bond motifs is 1. The Labute approximate surface area is 121 Å². The summed E-state index contributed by atoms with van der Waals surface area (Å²) in [7, 11) is 3.22. The van der Waals surface area contributed by atoms with Crippen LogP contribution in [-0.2, 0) is 0 Å². The Morgan fingerprint density at radius 1 is 0.900 bits per heavy atom. The third-order valence-electron chi connectivity index (χ3n) is 3.15. The number of furan rings is 1. The molecule has 3 nitrogen and oxygen atoms in total. The second kappa shape index (κ2) is 5.10. The van der Waals surface area contributed by atoms with Crippen molar-refractivity contribution in [2.75, 3.05) is 14.2 Å². The average molecular weight is 289 g/mol. The fraction of sp³-hybridized carbons (Fsp3) is 0.125. The molecule has 0 aliphatic carbocycles. The van der Waals surface area contributed by atoms with Crippen LogP contribution in [0.4, 0.5) is 0 Å². The highest BCUT2D eigenvalue weighted by Gasteiger charge is 2.10. The molecular formula is C16H13ClO3. The monoisotopic (exact) mass is 288 g/mol. The van der Waals surface area contributed by atoms with Crippen molar-refractivity contribution in [1.82, 2.24) is 0 Å². The van der Waals surface area contributed by atoms with Gasteiger partial charge in [-0.2, -0.15) is 0 Å². The standard InChI is InChI=1S/C16H13ClO3/c1-18-14-5-3-10(8-16(14)19-2)15-9-11-7-12(17)4-6-13(11)20-15/h3-9H,1-2H3. The molecule has 2 aromatic carbocycles. The molecule has 0 aliphatic rings. The quantitative estimate of drug-likeness (QED) is 0.695. The van der Waals surface area contributed by atoms with Gasteiger partial charge in [0.2, 0.25) is 0 Å². The fourth-order valence-electron chi connectivity index (χ4n) is 2.15. The van der Waals surface area contributed by atoms with Crippen molar-refractivity contribution in [2.45, 2.75) is 0 Å². The third kappa shape index (κ3) is 2.21. The topological polar surface area (TPSA) is 31.6 Å². The van der Waals surface area contributed by atoms with Crippen LogP contribution in [0.15, 0.2) is 46.9 Å². The second-order valence-electron chi connectivity index (χ2n) is 4.36. The summed E-state index contributed by atoms with van der Waals surface area (Å²) in [6.45, 7) is 0. The minimum absolute atomic E-state index is 0.670. The van der Waals surface area contributed by atoms with Crippen LogP contribution in [0.2, 0.25) is 5.02 Å². The molecule has 0 aliphatic heterocycles. The van der Waals surface area contributed by atoms with Crippen LogP contribution >= 0.6 is 11.6 Å². The number of hydrogen-bond acceptors (Lipinski definition) is 3. The Kier molecular flexibility index (Phi) is 3.28. The molecule has 3 aromatic rings. The molecule has 3 rings (SSSR count). The van der Waals surface area contributed by atoms with Crippen LogP contribution in [0.5, 0.6) is 11.5 Å². The predicted octanol–water partition coefficient (Wildman–Crippen LogP) is 4.77. The molecular weight excluding hydrogens is 276 g/mol. The van der Waals surface area contributed by atoms with Crippen molar-refractivity contribution in [2.24, 2.45) is 0 Å². The van der Waals surface area contributed by atoms with E-state index in [2.05, 4.69) is 0 Å². The predicted molar refractivity (Wildman–Crippen MR) is 79.8 cm³/mol. The molecule has 0 spiro atoms. The van der Waals surface area contributed by atoms with Gasteiger partial charge in [-0.05, 0) is 42.5 Å². The van der Waals surface area contributed by atoms with E-state index < -0.39 is 0 Å². The van der Waals surface area contributed by atoms with Gasteiger partial charge in [0.05, 0.1) is 14.2 Å². The highest BCUT2D eigenvalue weighted by Crippen LogP contribution is 2.35. The lowest BCUT2D eigenvalue weighted by molar-refractivity contribution is 0.355. The van der Waals surface area contributed by atoms with E-state index in [1.54, 1.807) is 14.2 Å². The van der Waals surface area contributed by atoms with E-state index in [4.69, 9.17) is 25.5 Å². The highest BCUT2D eigenvalue weighted by atomic mass is 35.5. The molecule has 0 saturated carbocycles. The summed E-state index contributed by atoms with van der Waals surface area (Å²) in [6.07, 6.45) is 0. The molecule has 0 saturated heterocycles. The molecule has 1 aromatic heterocycles. The average Bonchev–Trinajstić information content (AvgIpc) is 2.89. The Morgan fingerprint density at radius 2 is 1.70 bits per heavy atom. The number of benzene rings is 2. The summed E-state index contributed by atoms with van der Waals surface area (Å²) in [5.74, 6) is 2.13. The van der Waals surface area contributed by atoms with Gasteiger partial charge < -0.3 is 13.9 Å². The Balaban J connectivity index is 2.10. The van der Waals surface area contributed by atoms with Crippen molar-refractivity contribution >= 4 is 22.6 Å². The van der Waals surface area contributed by atoms with E-state index >= 15 is 0 Å². The van der Waals surface area contributed by atoms with Crippen molar-refractivity contribution in [1.29, 1.82) is 0 Å². The van der Waals surface area contributed by atoms with Crippen LogP contribution in [-0.4, -0.2) is 14.2 Å². The molecule has 0 atom stereocenters. The number of methoxy groups -OCH3 is 2. The maximum atomic E-state index is 5.98. The summed E-state index contributed by atoms with van der Waals surface area (Å²) < 4.78 is 16.4. The minimum Gasteiger partial charge on any atom is -0.493 e. The fourth-order valence-corrected chi connectivity index (χ4v) is 2.33. The molecule has 1 heterocycles. The molecule has 0 amide bonds. The molecule has 4 heteroatoms. The van der Waals surface area contributed by atoms with E-state index in [1.165, 1.54) is 0 Å². The smallest absolute Gasteiger partial charge is 0.161 e. The summed E-state index contributed by atoms with van der Waals surface area (Å²) in [5, 5.41) is 1.67. The Hall–Kier alpha value is -2.13. The first kappa shape index (κ1) is 12.9. The molecule has 0 fully saturated rings. The molecule has 0 radical (unpaired) electrons. The molecule has 102 valence electrons. The lowest BCUT2D eigenvalue weighted by atomic mass is 10.1. The first-order chi connectivity index (χ1) is 9.71. The lowest BCUT2D eigenvalue weighted by Gasteiger charge is -2.08. The number of rotatable bonds is 3. The normalized spacial score (nSPS) is 10.8. The largest absolute Gasteiger partial charge is 0.493 e. The van der Waals surface area contributed by atoms with Gasteiger partial charge in [0.1, 0.15) is 11.3 Å². The first-order valence-electron chi connectivity index (χ1n) is 6.13. The van der Waals surface area contributed by atoms with Gasteiger partial charge in [-0.25, -0.2) is 0 Å². The number of halogens is 1. The van der Waals surface area contributed by atoms with Crippen LogP contribution in [0.1, 0.15) is 0 Å². The van der Waals surface area contributed by atoms with Gasteiger partial charge in [-0.3, -0.25) is 0 Å². The minimum atomic E-state index is 0.670. The van der Waals surface area contributed by atoms with E-state index in [0.29, 0.717) is 16.5 Å². The summed E-state index contributed by atoms with van der Waals surface area (Å²) in [4.78, 5) is 0. The van der Waals surface area contributed by atoms with Crippen LogP contribution in [0.25, 0.3) is 22.3 Å². The van der Waals surface area contributed by atoms with Gasteiger partial charge in [0.15, 0.2) is 11.5 Å². The zero-order chi connectivity index (χ0) is 14.1. The number of ether oxygens (including phenoxy) is 2. The van der Waals surface area contributed by atoms with E-state index in [9.17, 15) is 0 Å². The van der Waals surface area contributed by atoms with E-state index in [1.807, 2.05) is 42.5 Å². The van der Waals surface area contributed by atoms with Crippen molar-refractivity contribution < 1.29 is 13.9 Å². The zero-order valence-corrected chi connectivity index (χ0v) is 11.9. The van der Waals surface area contributed by atoms with Crippen molar-refractivity contribution in [3.8, 4) is 22.8 Å². The molecule has 0 N–H and O–H groups in total. The van der Waals surface area contributed by atoms with Crippen LogP contribution < -0.4 is 9.47 Å². The lowest BCUT2D eigenvalue weighted by Crippen LogP contribution is -1.90. The third-order valence-corrected chi connectivity index (χ3v) is 3.38. The number of hydrogen-bond donors (Lipinski definition) is 0. The Morgan fingerprint density at radius 3 is 2.45 bits per heavy atom. The van der Waals surface area contributed by atoms with Crippen molar-refractivity contribution in [3.63, 3.8) is 0 Å². The van der Waals surface area contributed by atoms with Gasteiger partial charge >= 0.3 is 0 Å². The highest BCUT2D eigenvalue weighted by molar-refractivity contribution is 6.31. The van der Waals surface area contributed by atoms with Gasteiger partial charge in [0, 0.05) is 16.0 Å². The van der Waals surface area contributed by atoms with E-state index in [0.717, 1.165) is 22.3 Å². The summed E-state index contributed by atoms with van der Waals surface area (Å²) in [5.41, 5.74) is 1.73. The zero-order valence-electron chi connectivity index (χ0n) is 11.1. The Bertz CT molecular complexity index is 762. The maximum Gasteiger partial charge on any atom is 0.161 e. The second-order valence-corrected chi connectivity index (χ2v) is 4.80. The van der Waals surface area contributed by atoms with Crippen LogP contribution in [0, 0.1) is 0 Å². The molecule has 0 bridgehead atoms. The van der Waals surface area contributed by atoms with Gasteiger partial charge in [-0.1, -0.05) is 11.6 Å². The van der Waals surface area contributed by atoms with Crippen molar-refractivity contribution in [3.05, 3.63) is 47.5 Å². The molecule has 20 heavy (non-hydrogen) atoms. The van der Waals surface area contributed by atoms with Crippen LogP contribution in [0.3, 0.4) is 0 Å².